The summed E-state index contributed by atoms with van der Waals surface area (Å²) in [7, 11) is 3.14. The van der Waals surface area contributed by atoms with Gasteiger partial charge in [-0.3, -0.25) is 0 Å². The van der Waals surface area contributed by atoms with Crippen molar-refractivity contribution < 1.29 is 9.47 Å². The first-order valence-electron chi connectivity index (χ1n) is 7.95. The Bertz CT molecular complexity index is 846. The van der Waals surface area contributed by atoms with Gasteiger partial charge in [-0.15, -0.1) is 0 Å². The third-order valence-electron chi connectivity index (χ3n) is 3.97. The maximum atomic E-state index is 9.48. The van der Waals surface area contributed by atoms with Crippen LogP contribution in [0, 0.1) is 22.7 Å². The molecule has 6 nitrogen and oxygen atoms in total. The summed E-state index contributed by atoms with van der Waals surface area (Å²) in [6.07, 6.45) is 0. The number of rotatable bonds is 6. The molecule has 0 saturated carbocycles. The second kappa shape index (κ2) is 8.03. The van der Waals surface area contributed by atoms with E-state index in [4.69, 9.17) is 9.47 Å². The average molecular weight is 336 g/mol. The first-order valence-corrected chi connectivity index (χ1v) is 7.95. The minimum Gasteiger partial charge on any atom is -0.493 e. The van der Waals surface area contributed by atoms with E-state index >= 15 is 0 Å². The topological polar surface area (TPSA) is 82.2 Å². The first kappa shape index (κ1) is 18.1. The van der Waals surface area contributed by atoms with Crippen molar-refractivity contribution >= 4 is 5.82 Å². The van der Waals surface area contributed by atoms with E-state index < -0.39 is 0 Å². The number of ether oxygens (including phenoxy) is 2. The molecule has 0 radical (unpaired) electrons. The van der Waals surface area contributed by atoms with Crippen molar-refractivity contribution in [1.29, 1.82) is 10.5 Å². The summed E-state index contributed by atoms with van der Waals surface area (Å²) in [6.45, 7) is 5.36. The molecule has 128 valence electrons. The fraction of sp³-hybridized carbons (Fsp3) is 0.316. The number of benzene rings is 1. The van der Waals surface area contributed by atoms with Crippen molar-refractivity contribution in [3.05, 3.63) is 35.4 Å². The van der Waals surface area contributed by atoms with Crippen molar-refractivity contribution in [2.75, 3.05) is 32.2 Å². The van der Waals surface area contributed by atoms with Gasteiger partial charge in [0.15, 0.2) is 11.5 Å². The third kappa shape index (κ3) is 3.49. The zero-order valence-electron chi connectivity index (χ0n) is 14.8. The van der Waals surface area contributed by atoms with Crippen molar-refractivity contribution in [3.63, 3.8) is 0 Å². The Balaban J connectivity index is 2.69. The maximum absolute atomic E-state index is 9.48. The molecule has 0 saturated heterocycles. The lowest BCUT2D eigenvalue weighted by Gasteiger charge is -2.22. The first-order chi connectivity index (χ1) is 12.1. The number of pyridine rings is 1. The molecule has 2 aromatic rings. The SMILES string of the molecule is CCN(CC)c1nc(-c2ccc(OC)c(OC)c2)cc(C#N)c1C#N. The third-order valence-corrected chi connectivity index (χ3v) is 3.97. The summed E-state index contributed by atoms with van der Waals surface area (Å²) in [5.74, 6) is 1.72. The van der Waals surface area contributed by atoms with Gasteiger partial charge >= 0.3 is 0 Å². The van der Waals surface area contributed by atoms with Gasteiger partial charge in [-0.1, -0.05) is 0 Å². The highest BCUT2D eigenvalue weighted by molar-refractivity contribution is 5.71. The van der Waals surface area contributed by atoms with Crippen LogP contribution in [0.1, 0.15) is 25.0 Å². The number of hydrogen-bond donors (Lipinski definition) is 0. The molecule has 0 aliphatic rings. The van der Waals surface area contributed by atoms with Gasteiger partial charge in [0, 0.05) is 18.7 Å². The van der Waals surface area contributed by atoms with Gasteiger partial charge in [-0.05, 0) is 38.1 Å². The Morgan fingerprint density at radius 2 is 1.68 bits per heavy atom. The number of hydrogen-bond acceptors (Lipinski definition) is 6. The van der Waals surface area contributed by atoms with Gasteiger partial charge < -0.3 is 14.4 Å². The Kier molecular flexibility index (Phi) is 5.81. The van der Waals surface area contributed by atoms with Crippen LogP contribution < -0.4 is 14.4 Å². The van der Waals surface area contributed by atoms with Gasteiger partial charge in [-0.2, -0.15) is 10.5 Å². The fourth-order valence-corrected chi connectivity index (χ4v) is 2.63. The second-order valence-corrected chi connectivity index (χ2v) is 5.22. The van der Waals surface area contributed by atoms with Crippen LogP contribution in [-0.4, -0.2) is 32.3 Å². The zero-order chi connectivity index (χ0) is 18.4. The summed E-state index contributed by atoms with van der Waals surface area (Å²) in [4.78, 5) is 6.61. The van der Waals surface area contributed by atoms with Gasteiger partial charge in [0.05, 0.1) is 25.5 Å². The van der Waals surface area contributed by atoms with Crippen molar-refractivity contribution in [3.8, 4) is 34.9 Å². The van der Waals surface area contributed by atoms with Crippen molar-refractivity contribution in [2.45, 2.75) is 13.8 Å². The number of nitriles is 2. The van der Waals surface area contributed by atoms with Crippen LogP contribution in [0.2, 0.25) is 0 Å². The lowest BCUT2D eigenvalue weighted by atomic mass is 10.0. The fourth-order valence-electron chi connectivity index (χ4n) is 2.63. The summed E-state index contributed by atoms with van der Waals surface area (Å²) in [5.41, 5.74) is 2.00. The van der Waals surface area contributed by atoms with E-state index in [2.05, 4.69) is 17.1 Å². The van der Waals surface area contributed by atoms with Crippen LogP contribution >= 0.6 is 0 Å². The number of anilines is 1. The van der Waals surface area contributed by atoms with Gasteiger partial charge in [0.2, 0.25) is 0 Å². The number of nitrogens with zero attached hydrogens (tertiary/aromatic N) is 4. The van der Waals surface area contributed by atoms with E-state index in [1.807, 2.05) is 24.8 Å². The largest absolute Gasteiger partial charge is 0.493 e. The zero-order valence-corrected chi connectivity index (χ0v) is 14.8. The van der Waals surface area contributed by atoms with E-state index in [0.29, 0.717) is 47.2 Å². The lowest BCUT2D eigenvalue weighted by Crippen LogP contribution is -2.24. The van der Waals surface area contributed by atoms with E-state index in [1.165, 1.54) is 0 Å². The smallest absolute Gasteiger partial charge is 0.161 e. The summed E-state index contributed by atoms with van der Waals surface area (Å²) >= 11 is 0. The average Bonchev–Trinajstić information content (AvgIpc) is 2.67. The molecule has 0 amide bonds. The maximum Gasteiger partial charge on any atom is 0.161 e. The summed E-state index contributed by atoms with van der Waals surface area (Å²) < 4.78 is 10.6. The standard InChI is InChI=1S/C19H20N4O2/c1-5-23(6-2)19-15(12-21)14(11-20)9-16(22-19)13-7-8-17(24-3)18(10-13)25-4/h7-10H,5-6H2,1-4H3. The molecule has 0 aliphatic carbocycles. The molecule has 0 spiro atoms. The van der Waals surface area contributed by atoms with E-state index in [9.17, 15) is 10.5 Å². The predicted octanol–water partition coefficient (Wildman–Crippen LogP) is 3.36. The van der Waals surface area contributed by atoms with Gasteiger partial charge in [0.25, 0.3) is 0 Å². The van der Waals surface area contributed by atoms with Crippen molar-refractivity contribution in [2.24, 2.45) is 0 Å². The Morgan fingerprint density at radius 3 is 2.20 bits per heavy atom. The normalized spacial score (nSPS) is 9.84. The van der Waals surface area contributed by atoms with Crippen molar-refractivity contribution in [1.82, 2.24) is 4.98 Å². The molecular formula is C19H20N4O2. The minimum absolute atomic E-state index is 0.301. The van der Waals surface area contributed by atoms with Crippen LogP contribution in [0.15, 0.2) is 24.3 Å². The van der Waals surface area contributed by atoms with Gasteiger partial charge in [-0.25, -0.2) is 4.98 Å². The molecule has 0 fully saturated rings. The number of methoxy groups -OCH3 is 2. The monoisotopic (exact) mass is 336 g/mol. The predicted molar refractivity (Wildman–Crippen MR) is 95.8 cm³/mol. The molecular weight excluding hydrogens is 316 g/mol. The van der Waals surface area contributed by atoms with Crippen LogP contribution in [0.4, 0.5) is 5.82 Å². The quantitative estimate of drug-likeness (QED) is 0.804. The lowest BCUT2D eigenvalue weighted by molar-refractivity contribution is 0.355. The molecule has 1 aromatic carbocycles. The van der Waals surface area contributed by atoms with E-state index in [-0.39, 0.29) is 0 Å². The van der Waals surface area contributed by atoms with Crippen LogP contribution in [-0.2, 0) is 0 Å². The van der Waals surface area contributed by atoms with Crippen LogP contribution in [0.5, 0.6) is 11.5 Å². The molecule has 6 heteroatoms. The number of aromatic nitrogens is 1. The highest BCUT2D eigenvalue weighted by atomic mass is 16.5. The molecule has 0 N–H and O–H groups in total. The Labute approximate surface area is 147 Å². The van der Waals surface area contributed by atoms with Gasteiger partial charge in [0.1, 0.15) is 23.5 Å². The van der Waals surface area contributed by atoms with Crippen LogP contribution in [0.25, 0.3) is 11.3 Å². The molecule has 0 atom stereocenters. The molecule has 25 heavy (non-hydrogen) atoms. The van der Waals surface area contributed by atoms with E-state index in [1.54, 1.807) is 32.4 Å². The molecule has 1 aromatic heterocycles. The van der Waals surface area contributed by atoms with E-state index in [0.717, 1.165) is 5.56 Å². The minimum atomic E-state index is 0.301. The summed E-state index contributed by atoms with van der Waals surface area (Å²) in [5, 5.41) is 18.9. The summed E-state index contributed by atoms with van der Waals surface area (Å²) in [6, 6.07) is 11.3. The Morgan fingerprint density at radius 1 is 1.00 bits per heavy atom. The molecule has 0 aliphatic heterocycles. The molecule has 0 bridgehead atoms. The highest BCUT2D eigenvalue weighted by Gasteiger charge is 2.18. The molecule has 0 unspecified atom stereocenters. The highest BCUT2D eigenvalue weighted by Crippen LogP contribution is 2.33. The second-order valence-electron chi connectivity index (χ2n) is 5.22. The molecule has 2 rings (SSSR count). The Hall–Kier alpha value is -3.25. The van der Waals surface area contributed by atoms with Crippen LogP contribution in [0.3, 0.4) is 0 Å². The molecule has 1 heterocycles.